The minimum Gasteiger partial charge on any atom is -0.462 e. The van der Waals surface area contributed by atoms with E-state index in [9.17, 15) is 4.79 Å². The van der Waals surface area contributed by atoms with E-state index in [0.29, 0.717) is 18.0 Å². The Balaban J connectivity index is 4.82. The Hall–Kier alpha value is -0.853. The first kappa shape index (κ1) is 26.1. The minimum absolute atomic E-state index is 0.287. The molecule has 3 unspecified atom stereocenters. The van der Waals surface area contributed by atoms with Gasteiger partial charge in [0.2, 0.25) is 0 Å². The van der Waals surface area contributed by atoms with Crippen LogP contribution in [0.25, 0.3) is 0 Å². The van der Waals surface area contributed by atoms with Crippen LogP contribution in [0, 0.1) is 0 Å². The fourth-order valence-corrected chi connectivity index (χ4v) is 2.64. The average molecular weight is 411 g/mol. The predicted octanol–water partition coefficient (Wildman–Crippen LogP) is 1.65. The molecule has 160 valence electrons. The third-order valence-electron chi connectivity index (χ3n) is 3.33. The van der Waals surface area contributed by atoms with Gasteiger partial charge in [-0.2, -0.15) is 0 Å². The van der Waals surface area contributed by atoms with Crippen LogP contribution in [0.4, 0.5) is 0 Å². The van der Waals surface area contributed by atoms with E-state index in [1.165, 1.54) is 21.3 Å². The molecule has 0 aliphatic carbocycles. The van der Waals surface area contributed by atoms with Crippen molar-refractivity contribution in [3.63, 3.8) is 0 Å². The summed E-state index contributed by atoms with van der Waals surface area (Å²) in [5.41, 5.74) is 0.369. The second kappa shape index (κ2) is 14.2. The van der Waals surface area contributed by atoms with Gasteiger partial charge < -0.3 is 23.4 Å². The number of carbonyl (C=O) groups excluding carboxylic acids is 1. The number of hydrogen-bond donors (Lipinski definition) is 0. The zero-order valence-corrected chi connectivity index (χ0v) is 18.9. The molecule has 0 heterocycles. The maximum Gasteiger partial charge on any atom is 0.409 e. The van der Waals surface area contributed by atoms with Crippen LogP contribution in [-0.4, -0.2) is 68.7 Å². The molecule has 0 radical (unpaired) electrons. The van der Waals surface area contributed by atoms with Gasteiger partial charge in [0, 0.05) is 26.9 Å². The van der Waals surface area contributed by atoms with Crippen molar-refractivity contribution in [2.75, 3.05) is 27.9 Å². The second-order valence-corrected chi connectivity index (χ2v) is 7.14. The van der Waals surface area contributed by atoms with E-state index in [1.807, 2.05) is 0 Å². The number of carbonyl (C=O) groups is 1. The minimum atomic E-state index is -1.83. The van der Waals surface area contributed by atoms with Crippen LogP contribution in [0.5, 0.6) is 0 Å². The van der Waals surface area contributed by atoms with Gasteiger partial charge in [0.05, 0.1) is 6.61 Å². The Labute approximate surface area is 164 Å². The number of hydrogen-bond acceptors (Lipinski definition) is 9. The molecular weight excluding hydrogens is 376 g/mol. The lowest BCUT2D eigenvalue weighted by molar-refractivity contribution is -0.535. The lowest BCUT2D eigenvalue weighted by atomic mass is 10.4. The predicted molar refractivity (Wildman–Crippen MR) is 100 cm³/mol. The number of rotatable bonds is 16. The fourth-order valence-electron chi connectivity index (χ4n) is 1.63. The van der Waals surface area contributed by atoms with Gasteiger partial charge in [-0.05, 0) is 40.2 Å². The van der Waals surface area contributed by atoms with E-state index in [1.54, 1.807) is 27.7 Å². The Bertz CT molecular complexity index is 401. The molecule has 0 N–H and O–H groups in total. The molecular formula is C17H34O9Si. The van der Waals surface area contributed by atoms with E-state index >= 15 is 0 Å². The first-order valence-electron chi connectivity index (χ1n) is 8.78. The van der Waals surface area contributed by atoms with Crippen LogP contribution in [0.1, 0.15) is 34.1 Å². The highest BCUT2D eigenvalue weighted by molar-refractivity contribution is 6.27. The summed E-state index contributed by atoms with van der Waals surface area (Å²) in [4.78, 5) is 11.4. The van der Waals surface area contributed by atoms with E-state index in [-0.39, 0.29) is 6.61 Å². The van der Waals surface area contributed by atoms with Crippen LogP contribution < -0.4 is 0 Å². The molecule has 0 spiro atoms. The lowest BCUT2D eigenvalue weighted by Gasteiger charge is -2.37. The van der Waals surface area contributed by atoms with Gasteiger partial charge in [-0.15, -0.1) is 0 Å². The van der Waals surface area contributed by atoms with E-state index in [2.05, 4.69) is 6.58 Å². The highest BCUT2D eigenvalue weighted by atomic mass is 28.2. The summed E-state index contributed by atoms with van der Waals surface area (Å²) in [5.74, 6) is -0.404. The van der Waals surface area contributed by atoms with Gasteiger partial charge in [-0.3, -0.25) is 14.2 Å². The van der Waals surface area contributed by atoms with E-state index in [4.69, 9.17) is 37.6 Å². The van der Waals surface area contributed by atoms with Gasteiger partial charge in [0.15, 0.2) is 28.6 Å². The Kier molecular flexibility index (Phi) is 13.7. The molecule has 9 nitrogen and oxygen atoms in total. The number of methoxy groups -OCH3 is 3. The summed E-state index contributed by atoms with van der Waals surface area (Å²) in [6.45, 7) is 10.5. The second-order valence-electron chi connectivity index (χ2n) is 5.74. The molecule has 3 atom stereocenters. The maximum absolute atomic E-state index is 11.4. The van der Waals surface area contributed by atoms with Crippen molar-refractivity contribution in [2.45, 2.75) is 65.2 Å². The SMILES string of the molecule is C=C(C)C(=O)OCCC[SiH2]OC(OC(C)OC)(OC(C)OC)OC(C)OC. The molecule has 0 rings (SSSR count). The Morgan fingerprint density at radius 2 is 1.41 bits per heavy atom. The largest absolute Gasteiger partial charge is 0.462 e. The molecule has 0 aliphatic heterocycles. The number of ether oxygens (including phenoxy) is 7. The smallest absolute Gasteiger partial charge is 0.409 e. The van der Waals surface area contributed by atoms with Crippen LogP contribution >= 0.6 is 0 Å². The van der Waals surface area contributed by atoms with Crippen molar-refractivity contribution < 1.29 is 42.4 Å². The molecule has 27 heavy (non-hydrogen) atoms. The van der Waals surface area contributed by atoms with Crippen LogP contribution in [0.15, 0.2) is 12.2 Å². The van der Waals surface area contributed by atoms with Crippen LogP contribution in [0.3, 0.4) is 0 Å². The monoisotopic (exact) mass is 410 g/mol. The first-order chi connectivity index (χ1) is 12.7. The van der Waals surface area contributed by atoms with Gasteiger partial charge in [0.25, 0.3) is 0 Å². The fraction of sp³-hybridized carbons (Fsp3) is 0.824. The maximum atomic E-state index is 11.4. The molecule has 10 heteroatoms. The van der Waals surface area contributed by atoms with Gasteiger partial charge in [-0.1, -0.05) is 6.58 Å². The van der Waals surface area contributed by atoms with E-state index in [0.717, 1.165) is 0 Å². The molecule has 0 bridgehead atoms. The molecule has 0 amide bonds. The number of esters is 1. The standard InChI is InChI=1S/C17H34O9Si/c1-12(2)16(18)22-10-9-11-27-26-17(23-13(3)19-6,24-14(4)20-7)25-15(5)21-8/h13-15H,1,9-11,27H2,2-8H3. The summed E-state index contributed by atoms with van der Waals surface area (Å²) in [6.07, 6.45) is -3.18. The molecule has 0 saturated carbocycles. The Morgan fingerprint density at radius 3 is 1.78 bits per heavy atom. The highest BCUT2D eigenvalue weighted by Gasteiger charge is 2.41. The topological polar surface area (TPSA) is 90.9 Å². The van der Waals surface area contributed by atoms with Gasteiger partial charge >= 0.3 is 12.1 Å². The van der Waals surface area contributed by atoms with Crippen LogP contribution in [0.2, 0.25) is 6.04 Å². The summed E-state index contributed by atoms with van der Waals surface area (Å²) < 4.78 is 43.4. The van der Waals surface area contributed by atoms with Gasteiger partial charge in [0.1, 0.15) is 0 Å². The molecule has 0 aromatic heterocycles. The van der Waals surface area contributed by atoms with Crippen LogP contribution in [-0.2, 0) is 42.4 Å². The van der Waals surface area contributed by atoms with Crippen molar-refractivity contribution in [3.8, 4) is 0 Å². The summed E-state index contributed by atoms with van der Waals surface area (Å²) in [7, 11) is 3.30. The third-order valence-corrected chi connectivity index (χ3v) is 4.67. The zero-order valence-electron chi connectivity index (χ0n) is 17.4. The average Bonchev–Trinajstić information content (AvgIpc) is 2.63. The summed E-state index contributed by atoms with van der Waals surface area (Å²) in [5, 5.41) is 0. The van der Waals surface area contributed by atoms with Crippen molar-refractivity contribution in [1.82, 2.24) is 0 Å². The Morgan fingerprint density at radius 1 is 0.963 bits per heavy atom. The quantitative estimate of drug-likeness (QED) is 0.124. The first-order valence-corrected chi connectivity index (χ1v) is 10.4. The summed E-state index contributed by atoms with van der Waals surface area (Å²) in [6, 6.07) is 0.700. The highest BCUT2D eigenvalue weighted by Crippen LogP contribution is 2.24. The van der Waals surface area contributed by atoms with Crippen molar-refractivity contribution in [3.05, 3.63) is 12.2 Å². The van der Waals surface area contributed by atoms with E-state index < -0.39 is 40.8 Å². The zero-order chi connectivity index (χ0) is 20.9. The normalized spacial score (nSPS) is 17.4. The third kappa shape index (κ3) is 11.6. The van der Waals surface area contributed by atoms with Crippen molar-refractivity contribution in [2.24, 2.45) is 0 Å². The summed E-state index contributed by atoms with van der Waals surface area (Å²) >= 11 is 0. The molecule has 0 aliphatic rings. The molecule has 0 fully saturated rings. The van der Waals surface area contributed by atoms with Crippen molar-refractivity contribution >= 4 is 15.7 Å². The lowest BCUT2D eigenvalue weighted by Crippen LogP contribution is -2.50. The molecule has 0 aromatic carbocycles. The van der Waals surface area contributed by atoms with Crippen molar-refractivity contribution in [1.29, 1.82) is 0 Å². The van der Waals surface area contributed by atoms with Gasteiger partial charge in [-0.25, -0.2) is 4.79 Å². The molecule has 0 aromatic rings. The molecule has 0 saturated heterocycles.